The van der Waals surface area contributed by atoms with Crippen LogP contribution in [0.25, 0.3) is 33.1 Å². The molecule has 0 amide bonds. The molecule has 1 aliphatic rings. The Morgan fingerprint density at radius 2 is 2.05 bits per heavy atom. The van der Waals surface area contributed by atoms with Crippen LogP contribution in [0, 0.1) is 25.5 Å². The minimum absolute atomic E-state index is 0.0176. The van der Waals surface area contributed by atoms with Gasteiger partial charge >= 0.3 is 0 Å². The highest BCUT2D eigenvalue weighted by molar-refractivity contribution is 7.91. The first-order chi connectivity index (χ1) is 21.7. The summed E-state index contributed by atoms with van der Waals surface area (Å²) in [4.78, 5) is 12.5. The second-order valence-electron chi connectivity index (χ2n) is 9.56. The second kappa shape index (κ2) is 9.93. The molecule has 1 aliphatic heterocycles. The molecule has 0 aromatic carbocycles. The van der Waals surface area contributed by atoms with Crippen molar-refractivity contribution in [1.82, 2.24) is 24.7 Å². The van der Waals surface area contributed by atoms with Crippen molar-refractivity contribution in [3.63, 3.8) is 0 Å². The number of sulfone groups is 1. The summed E-state index contributed by atoms with van der Waals surface area (Å²) in [5, 5.41) is 3.93. The number of ether oxygens (including phenoxy) is 2. The Labute approximate surface area is 238 Å². The Balaban J connectivity index is 1.83. The number of hydrogen-bond acceptors (Lipinski definition) is 9. The Morgan fingerprint density at radius 1 is 1.23 bits per heavy atom. The highest BCUT2D eigenvalue weighted by Crippen LogP contribution is 2.45. The summed E-state index contributed by atoms with van der Waals surface area (Å²) < 4.78 is 109. The summed E-state index contributed by atoms with van der Waals surface area (Å²) in [7, 11) is -3.73. The van der Waals surface area contributed by atoms with E-state index >= 15 is 4.39 Å². The highest BCUT2D eigenvalue weighted by Gasteiger charge is 2.35. The van der Waals surface area contributed by atoms with Gasteiger partial charge in [-0.15, -0.1) is 0 Å². The number of pyridine rings is 3. The maximum atomic E-state index is 15.7. The van der Waals surface area contributed by atoms with Crippen molar-refractivity contribution in [1.29, 1.82) is 0 Å². The number of nitrogens with zero attached hydrogens (tertiary/aromatic N) is 5. The zero-order valence-corrected chi connectivity index (χ0v) is 22.3. The third-order valence-corrected chi connectivity index (χ3v) is 8.16. The molecular formula is C28H28FN5O5S. The first kappa shape index (κ1) is 20.0. The van der Waals surface area contributed by atoms with Crippen LogP contribution >= 0.6 is 0 Å². The lowest BCUT2D eigenvalue weighted by Gasteiger charge is -2.32. The second-order valence-corrected chi connectivity index (χ2v) is 11.0. The van der Waals surface area contributed by atoms with Crippen LogP contribution in [0.1, 0.15) is 44.3 Å². The van der Waals surface area contributed by atoms with Crippen LogP contribution in [-0.2, 0) is 14.6 Å². The molecule has 208 valence electrons. The summed E-state index contributed by atoms with van der Waals surface area (Å²) in [6, 6.07) is 3.23. The average molecular weight is 572 g/mol. The third-order valence-electron chi connectivity index (χ3n) is 7.28. The van der Waals surface area contributed by atoms with Gasteiger partial charge in [-0.3, -0.25) is 9.97 Å². The predicted molar refractivity (Wildman–Crippen MR) is 146 cm³/mol. The zero-order chi connectivity index (χ0) is 33.2. The van der Waals surface area contributed by atoms with E-state index in [1.54, 1.807) is 13.0 Å². The zero-order valence-electron chi connectivity index (χ0n) is 27.5. The summed E-state index contributed by atoms with van der Waals surface area (Å²) in [5.41, 5.74) is 0.914. The van der Waals surface area contributed by atoms with Gasteiger partial charge in [-0.25, -0.2) is 17.8 Å². The fraction of sp³-hybridized carbons (Fsp3) is 0.357. The number of aryl methyl sites for hydroxylation is 2. The van der Waals surface area contributed by atoms with Crippen LogP contribution in [0.15, 0.2) is 46.2 Å². The summed E-state index contributed by atoms with van der Waals surface area (Å²) in [6.45, 7) is -0.434. The van der Waals surface area contributed by atoms with Gasteiger partial charge in [0.2, 0.25) is 5.88 Å². The predicted octanol–water partition coefficient (Wildman–Crippen LogP) is 4.82. The summed E-state index contributed by atoms with van der Waals surface area (Å²) in [5.74, 6) is -1.47. The monoisotopic (exact) mass is 571 g/mol. The standard InChI is InChI=1S/C28H28FN5O5S/c1-15-22(16(2)39-33-15)18-12-20-25(31-13-18)23-27(21(40(4,35)36)14-32-28(23)37-3)34(20)26(17-7-10-38-11-8-17)24-19(29)6-5-9-30-24/h5-6,9,12-14,17,26H,7-8,10-11H2,1-4H3/i2D3,4D3. The molecule has 0 saturated carbocycles. The molecular weight excluding hydrogens is 537 g/mol. The topological polar surface area (TPSA) is 122 Å². The first-order valence-corrected chi connectivity index (χ1v) is 13.9. The molecule has 1 fully saturated rings. The maximum Gasteiger partial charge on any atom is 0.224 e. The number of methoxy groups -OCH3 is 1. The van der Waals surface area contributed by atoms with Gasteiger partial charge in [0.05, 0.1) is 47.2 Å². The first-order valence-electron chi connectivity index (χ1n) is 15.4. The maximum absolute atomic E-state index is 15.7. The molecule has 6 heterocycles. The highest BCUT2D eigenvalue weighted by atomic mass is 32.2. The van der Waals surface area contributed by atoms with Crippen molar-refractivity contribution in [3.05, 3.63) is 59.8 Å². The SMILES string of the molecule is [2H]C([2H])([2H])c1onc(C)c1-c1cnc2c3c(OC)ncc(S(=O)(=O)C([2H])([2H])[2H])c3n(C(c3ncccc3F)C3CCOCC3)c2c1. The molecule has 6 rings (SSSR count). The Kier molecular flexibility index (Phi) is 4.98. The molecule has 5 aromatic rings. The van der Waals surface area contributed by atoms with Gasteiger partial charge < -0.3 is 18.6 Å². The number of hydrogen-bond donors (Lipinski definition) is 0. The van der Waals surface area contributed by atoms with E-state index in [-0.39, 0.29) is 62.0 Å². The van der Waals surface area contributed by atoms with E-state index < -0.39 is 39.6 Å². The van der Waals surface area contributed by atoms with Crippen molar-refractivity contribution in [2.24, 2.45) is 5.92 Å². The Morgan fingerprint density at radius 3 is 2.77 bits per heavy atom. The summed E-state index contributed by atoms with van der Waals surface area (Å²) in [6.07, 6.45) is 1.09. The van der Waals surface area contributed by atoms with Crippen molar-refractivity contribution >= 4 is 31.8 Å². The van der Waals surface area contributed by atoms with Crippen LogP contribution in [0.4, 0.5) is 4.39 Å². The lowest BCUT2D eigenvalue weighted by molar-refractivity contribution is 0.0542. The van der Waals surface area contributed by atoms with Gasteiger partial charge in [0, 0.05) is 51.1 Å². The number of halogens is 1. The van der Waals surface area contributed by atoms with Crippen LogP contribution in [-0.4, -0.2) is 59.6 Å². The van der Waals surface area contributed by atoms with Crippen molar-refractivity contribution in [3.8, 4) is 17.0 Å². The molecule has 0 radical (unpaired) electrons. The van der Waals surface area contributed by atoms with Gasteiger partial charge in [0.15, 0.2) is 9.84 Å². The molecule has 40 heavy (non-hydrogen) atoms. The van der Waals surface area contributed by atoms with Crippen molar-refractivity contribution in [2.75, 3.05) is 26.5 Å². The minimum atomic E-state index is -5.05. The molecule has 0 N–H and O–H groups in total. The van der Waals surface area contributed by atoms with E-state index in [9.17, 15) is 8.42 Å². The molecule has 0 bridgehead atoms. The molecule has 10 nitrogen and oxygen atoms in total. The third kappa shape index (κ3) is 4.22. The van der Waals surface area contributed by atoms with E-state index in [2.05, 4.69) is 20.1 Å². The minimum Gasteiger partial charge on any atom is -0.480 e. The van der Waals surface area contributed by atoms with E-state index in [0.717, 1.165) is 6.20 Å². The molecule has 12 heteroatoms. The van der Waals surface area contributed by atoms with Gasteiger partial charge in [0.25, 0.3) is 0 Å². The molecule has 0 aliphatic carbocycles. The smallest absolute Gasteiger partial charge is 0.224 e. The number of rotatable bonds is 6. The lowest BCUT2D eigenvalue weighted by Crippen LogP contribution is -2.28. The lowest BCUT2D eigenvalue weighted by atomic mass is 9.88. The fourth-order valence-corrected chi connectivity index (χ4v) is 6.21. The van der Waals surface area contributed by atoms with Crippen molar-refractivity contribution < 1.29 is 35.0 Å². The van der Waals surface area contributed by atoms with E-state index in [0.29, 0.717) is 26.1 Å². The van der Waals surface area contributed by atoms with Gasteiger partial charge in [-0.1, -0.05) is 5.16 Å². The van der Waals surface area contributed by atoms with Gasteiger partial charge in [-0.05, 0) is 50.7 Å². The molecule has 1 saturated heterocycles. The van der Waals surface area contributed by atoms with Crippen LogP contribution < -0.4 is 4.74 Å². The van der Waals surface area contributed by atoms with Crippen LogP contribution in [0.3, 0.4) is 0 Å². The molecule has 0 spiro atoms. The molecule has 1 atom stereocenters. The summed E-state index contributed by atoms with van der Waals surface area (Å²) >= 11 is 0. The fourth-order valence-electron chi connectivity index (χ4n) is 5.56. The number of fused-ring (bicyclic) bond motifs is 3. The largest absolute Gasteiger partial charge is 0.480 e. The molecule has 5 aromatic heterocycles. The average Bonchev–Trinajstić information content (AvgIpc) is 3.56. The Hall–Kier alpha value is -3.90. The van der Waals surface area contributed by atoms with Crippen LogP contribution in [0.5, 0.6) is 5.88 Å². The van der Waals surface area contributed by atoms with E-state index in [1.807, 2.05) is 0 Å². The van der Waals surface area contributed by atoms with Crippen molar-refractivity contribution in [2.45, 2.75) is 37.6 Å². The molecule has 1 unspecified atom stereocenters. The quantitative estimate of drug-likeness (QED) is 0.282. The van der Waals surface area contributed by atoms with Gasteiger partial charge in [0.1, 0.15) is 22.0 Å². The van der Waals surface area contributed by atoms with E-state index in [1.165, 1.54) is 36.2 Å². The Bertz CT molecular complexity index is 2070. The van der Waals surface area contributed by atoms with Crippen LogP contribution in [0.2, 0.25) is 0 Å². The van der Waals surface area contributed by atoms with E-state index in [4.69, 9.17) is 22.2 Å². The van der Waals surface area contributed by atoms with Gasteiger partial charge in [-0.2, -0.15) is 0 Å². The number of aromatic nitrogens is 5. The normalized spacial score (nSPS) is 18.5.